The molecule has 0 N–H and O–H groups in total. The fraction of sp³-hybridized carbons (Fsp3) is 0.333. The Morgan fingerprint density at radius 2 is 1.78 bits per heavy atom. The van der Waals surface area contributed by atoms with E-state index in [9.17, 15) is 9.59 Å². The van der Waals surface area contributed by atoms with Crippen molar-refractivity contribution in [3.8, 4) is 11.5 Å². The Kier molecular flexibility index (Phi) is 5.34. The minimum atomic E-state index is -0.289. The number of nitrogens with zero attached hydrogens (tertiary/aromatic N) is 5. The number of piperazine rings is 1. The molecule has 2 fully saturated rings. The molecule has 8 heteroatoms. The Morgan fingerprint density at radius 3 is 2.44 bits per heavy atom. The molecule has 4 heterocycles. The molecule has 32 heavy (non-hydrogen) atoms. The van der Waals surface area contributed by atoms with Gasteiger partial charge < -0.3 is 19.1 Å². The largest absolute Gasteiger partial charge is 0.463 e. The summed E-state index contributed by atoms with van der Waals surface area (Å²) in [6, 6.07) is 15.3. The van der Waals surface area contributed by atoms with Crippen LogP contribution >= 0.6 is 0 Å². The number of hydrogen-bond acceptors (Lipinski definition) is 6. The van der Waals surface area contributed by atoms with Gasteiger partial charge in [-0.3, -0.25) is 9.59 Å². The maximum absolute atomic E-state index is 13.1. The molecule has 0 aliphatic carbocycles. The van der Waals surface area contributed by atoms with Gasteiger partial charge in [-0.05, 0) is 43.3 Å². The van der Waals surface area contributed by atoms with E-state index in [1.807, 2.05) is 60.4 Å². The first kappa shape index (κ1) is 20.2. The topological polar surface area (TPSA) is 82.8 Å². The summed E-state index contributed by atoms with van der Waals surface area (Å²) in [6.45, 7) is 5.04. The molecule has 3 aromatic rings. The zero-order valence-electron chi connectivity index (χ0n) is 18.0. The second-order valence-corrected chi connectivity index (χ2v) is 8.31. The minimum absolute atomic E-state index is 0.0118. The van der Waals surface area contributed by atoms with Gasteiger partial charge in [0.1, 0.15) is 5.69 Å². The van der Waals surface area contributed by atoms with Gasteiger partial charge >= 0.3 is 0 Å². The highest BCUT2D eigenvalue weighted by molar-refractivity contribution is 6.00. The fourth-order valence-electron chi connectivity index (χ4n) is 4.31. The molecule has 2 aliphatic heterocycles. The van der Waals surface area contributed by atoms with E-state index >= 15 is 0 Å². The Bertz CT molecular complexity index is 1090. The van der Waals surface area contributed by atoms with Crippen molar-refractivity contribution < 1.29 is 14.0 Å². The lowest BCUT2D eigenvalue weighted by Gasteiger charge is -2.36. The summed E-state index contributed by atoms with van der Waals surface area (Å²) in [5.41, 5.74) is 2.69. The first-order valence-electron chi connectivity index (χ1n) is 10.9. The number of benzene rings is 1. The predicted molar refractivity (Wildman–Crippen MR) is 120 cm³/mol. The molecule has 0 spiro atoms. The van der Waals surface area contributed by atoms with E-state index in [1.54, 1.807) is 11.2 Å². The number of rotatable bonds is 4. The summed E-state index contributed by atoms with van der Waals surface area (Å²) < 4.78 is 5.35. The summed E-state index contributed by atoms with van der Waals surface area (Å²) in [4.78, 5) is 31.3. The standard InChI is InChI=1S/C24H25N5O3/c1-17-4-6-19(7-5-17)29-16-18(15-23(29)30)24(31)28-12-10-27(11-13-28)22-9-8-20(25-26-22)21-3-2-14-32-21/h2-9,14,18H,10-13,15-16H2,1H3. The van der Waals surface area contributed by atoms with Crippen LogP contribution in [0, 0.1) is 12.8 Å². The van der Waals surface area contributed by atoms with Crippen molar-refractivity contribution in [2.75, 3.05) is 42.5 Å². The van der Waals surface area contributed by atoms with Crippen LogP contribution in [0.4, 0.5) is 11.5 Å². The maximum Gasteiger partial charge on any atom is 0.228 e. The van der Waals surface area contributed by atoms with Crippen molar-refractivity contribution in [1.82, 2.24) is 15.1 Å². The van der Waals surface area contributed by atoms with Crippen LogP contribution in [0.5, 0.6) is 0 Å². The highest BCUT2D eigenvalue weighted by Gasteiger charge is 2.38. The van der Waals surface area contributed by atoms with Crippen LogP contribution in [0.3, 0.4) is 0 Å². The van der Waals surface area contributed by atoms with Crippen LogP contribution in [0.15, 0.2) is 59.2 Å². The molecule has 2 aliphatic rings. The van der Waals surface area contributed by atoms with Gasteiger partial charge in [0, 0.05) is 44.8 Å². The third kappa shape index (κ3) is 3.95. The number of hydrogen-bond donors (Lipinski definition) is 0. The second-order valence-electron chi connectivity index (χ2n) is 8.31. The highest BCUT2D eigenvalue weighted by Crippen LogP contribution is 2.27. The van der Waals surface area contributed by atoms with Gasteiger partial charge in [0.2, 0.25) is 11.8 Å². The summed E-state index contributed by atoms with van der Waals surface area (Å²) in [5.74, 6) is 1.26. The fourth-order valence-corrected chi connectivity index (χ4v) is 4.31. The predicted octanol–water partition coefficient (Wildman–Crippen LogP) is 2.75. The van der Waals surface area contributed by atoms with Crippen molar-refractivity contribution in [3.63, 3.8) is 0 Å². The average molecular weight is 431 g/mol. The van der Waals surface area contributed by atoms with Crippen LogP contribution in [0.1, 0.15) is 12.0 Å². The number of amides is 2. The number of aryl methyl sites for hydroxylation is 1. The molecule has 0 radical (unpaired) electrons. The number of furan rings is 1. The van der Waals surface area contributed by atoms with Crippen molar-refractivity contribution >= 4 is 23.3 Å². The number of anilines is 2. The third-order valence-electron chi connectivity index (χ3n) is 6.16. The summed E-state index contributed by atoms with van der Waals surface area (Å²) in [7, 11) is 0. The molecule has 0 bridgehead atoms. The SMILES string of the molecule is Cc1ccc(N2CC(C(=O)N3CCN(c4ccc(-c5ccco5)nn4)CC3)CC2=O)cc1. The van der Waals surface area contributed by atoms with E-state index in [2.05, 4.69) is 15.1 Å². The molecule has 8 nitrogen and oxygen atoms in total. The molecule has 2 amide bonds. The zero-order valence-corrected chi connectivity index (χ0v) is 18.0. The first-order valence-corrected chi connectivity index (χ1v) is 10.9. The quantitative estimate of drug-likeness (QED) is 0.632. The van der Waals surface area contributed by atoms with Crippen LogP contribution in [0.25, 0.3) is 11.5 Å². The number of carbonyl (C=O) groups excluding carboxylic acids is 2. The summed E-state index contributed by atoms with van der Waals surface area (Å²) >= 11 is 0. The monoisotopic (exact) mass is 431 g/mol. The van der Waals surface area contributed by atoms with Gasteiger partial charge in [-0.1, -0.05) is 17.7 Å². The van der Waals surface area contributed by atoms with Crippen molar-refractivity contribution in [2.45, 2.75) is 13.3 Å². The van der Waals surface area contributed by atoms with Gasteiger partial charge in [0.25, 0.3) is 0 Å². The summed E-state index contributed by atoms with van der Waals surface area (Å²) in [6.07, 6.45) is 1.88. The minimum Gasteiger partial charge on any atom is -0.463 e. The van der Waals surface area contributed by atoms with E-state index in [0.717, 1.165) is 17.1 Å². The lowest BCUT2D eigenvalue weighted by Crippen LogP contribution is -2.51. The highest BCUT2D eigenvalue weighted by atomic mass is 16.3. The van der Waals surface area contributed by atoms with E-state index in [1.165, 1.54) is 0 Å². The first-order chi connectivity index (χ1) is 15.6. The second kappa shape index (κ2) is 8.45. The van der Waals surface area contributed by atoms with Crippen LogP contribution in [-0.2, 0) is 9.59 Å². The van der Waals surface area contributed by atoms with Crippen LogP contribution in [0.2, 0.25) is 0 Å². The van der Waals surface area contributed by atoms with Gasteiger partial charge in [0.15, 0.2) is 11.6 Å². The van der Waals surface area contributed by atoms with Gasteiger partial charge in [-0.15, -0.1) is 10.2 Å². The van der Waals surface area contributed by atoms with Crippen molar-refractivity contribution in [1.29, 1.82) is 0 Å². The number of carbonyl (C=O) groups is 2. The normalized spacial score (nSPS) is 19.0. The molecule has 1 aromatic carbocycles. The van der Waals surface area contributed by atoms with Crippen LogP contribution < -0.4 is 9.80 Å². The Labute approximate surface area is 186 Å². The molecule has 5 rings (SSSR count). The molecular weight excluding hydrogens is 406 g/mol. The van der Waals surface area contributed by atoms with Gasteiger partial charge in [-0.25, -0.2) is 0 Å². The Hall–Kier alpha value is -3.68. The molecule has 2 saturated heterocycles. The maximum atomic E-state index is 13.1. The molecule has 1 unspecified atom stereocenters. The van der Waals surface area contributed by atoms with Crippen molar-refractivity contribution in [2.24, 2.45) is 5.92 Å². The summed E-state index contributed by atoms with van der Waals surface area (Å²) in [5, 5.41) is 8.58. The van der Waals surface area contributed by atoms with E-state index in [0.29, 0.717) is 44.2 Å². The van der Waals surface area contributed by atoms with E-state index in [-0.39, 0.29) is 24.2 Å². The lowest BCUT2D eigenvalue weighted by atomic mass is 10.1. The van der Waals surface area contributed by atoms with Gasteiger partial charge in [0.05, 0.1) is 12.2 Å². The van der Waals surface area contributed by atoms with E-state index < -0.39 is 0 Å². The van der Waals surface area contributed by atoms with Crippen molar-refractivity contribution in [3.05, 3.63) is 60.4 Å². The van der Waals surface area contributed by atoms with E-state index in [4.69, 9.17) is 4.42 Å². The smallest absolute Gasteiger partial charge is 0.228 e. The zero-order chi connectivity index (χ0) is 22.1. The lowest BCUT2D eigenvalue weighted by molar-refractivity contribution is -0.136. The Balaban J connectivity index is 1.18. The average Bonchev–Trinajstić information content (AvgIpc) is 3.50. The molecule has 2 aromatic heterocycles. The van der Waals surface area contributed by atoms with Gasteiger partial charge in [-0.2, -0.15) is 0 Å². The molecule has 164 valence electrons. The molecule has 1 atom stereocenters. The number of aromatic nitrogens is 2. The molecular formula is C24H25N5O3. The molecule has 0 saturated carbocycles. The van der Waals surface area contributed by atoms with Crippen LogP contribution in [-0.4, -0.2) is 59.6 Å². The Morgan fingerprint density at radius 1 is 1.00 bits per heavy atom. The third-order valence-corrected chi connectivity index (χ3v) is 6.16.